The smallest absolute Gasteiger partial charge is 0.156 e. The molecule has 1 fully saturated rings. The number of nitrogens with zero attached hydrogens (tertiary/aromatic N) is 2. The quantitative estimate of drug-likeness (QED) is 0.277. The summed E-state index contributed by atoms with van der Waals surface area (Å²) in [6, 6.07) is 0.116. The zero-order chi connectivity index (χ0) is 10.1. The highest BCUT2D eigenvalue weighted by molar-refractivity contribution is 5.85. The Morgan fingerprint density at radius 2 is 2.15 bits per heavy atom. The maximum atomic E-state index is 8.61. The van der Waals surface area contributed by atoms with Crippen LogP contribution in [0.5, 0.6) is 0 Å². The van der Waals surface area contributed by atoms with Crippen LogP contribution in [0.25, 0.3) is 0 Å². The molecule has 1 heterocycles. The fourth-order valence-corrected chi connectivity index (χ4v) is 1.94. The number of nitrogens with two attached hydrogens (primary N) is 1. The molecule has 0 aromatic heterocycles. The molecule has 1 aliphatic heterocycles. The van der Waals surface area contributed by atoms with Crippen LogP contribution in [0.2, 0.25) is 0 Å². The molecule has 0 spiro atoms. The minimum atomic E-state index is 0.0937. The van der Waals surface area contributed by atoms with Gasteiger partial charge in [-0.05, 0) is 40.2 Å². The van der Waals surface area contributed by atoms with E-state index in [4.69, 9.17) is 10.9 Å². The maximum Gasteiger partial charge on any atom is 0.156 e. The van der Waals surface area contributed by atoms with Gasteiger partial charge in [0.1, 0.15) is 0 Å². The zero-order valence-electron chi connectivity index (χ0n) is 8.62. The van der Waals surface area contributed by atoms with Gasteiger partial charge in [-0.1, -0.05) is 5.16 Å². The van der Waals surface area contributed by atoms with Gasteiger partial charge in [0.25, 0.3) is 0 Å². The van der Waals surface area contributed by atoms with E-state index in [-0.39, 0.29) is 11.6 Å². The van der Waals surface area contributed by atoms with Gasteiger partial charge in [0.15, 0.2) is 5.84 Å². The molecule has 3 N–H and O–H groups in total. The summed E-state index contributed by atoms with van der Waals surface area (Å²) in [5, 5.41) is 11.7. The lowest BCUT2D eigenvalue weighted by Crippen LogP contribution is -2.49. The van der Waals surface area contributed by atoms with Crippen LogP contribution in [0.1, 0.15) is 33.6 Å². The number of oxime groups is 1. The molecule has 0 saturated carbocycles. The molecular weight excluding hydrogens is 166 g/mol. The lowest BCUT2D eigenvalue weighted by molar-refractivity contribution is 0.148. The summed E-state index contributed by atoms with van der Waals surface area (Å²) in [7, 11) is 0. The molecule has 1 atom stereocenters. The van der Waals surface area contributed by atoms with Gasteiger partial charge in [0, 0.05) is 5.54 Å². The Morgan fingerprint density at radius 3 is 2.62 bits per heavy atom. The van der Waals surface area contributed by atoms with Crippen molar-refractivity contribution in [2.75, 3.05) is 6.54 Å². The van der Waals surface area contributed by atoms with Crippen molar-refractivity contribution in [2.45, 2.75) is 45.2 Å². The second-order valence-electron chi connectivity index (χ2n) is 4.55. The van der Waals surface area contributed by atoms with E-state index in [1.54, 1.807) is 0 Å². The molecule has 0 aromatic carbocycles. The first kappa shape index (κ1) is 10.3. The molecule has 1 saturated heterocycles. The predicted octanol–water partition coefficient (Wildman–Crippen LogP) is 0.996. The van der Waals surface area contributed by atoms with E-state index >= 15 is 0 Å². The van der Waals surface area contributed by atoms with Gasteiger partial charge in [-0.3, -0.25) is 4.90 Å². The summed E-state index contributed by atoms with van der Waals surface area (Å²) in [4.78, 5) is 2.28. The average molecular weight is 185 g/mol. The number of hydrogen-bond acceptors (Lipinski definition) is 3. The van der Waals surface area contributed by atoms with Crippen LogP contribution in [0.3, 0.4) is 0 Å². The Balaban J connectivity index is 2.76. The van der Waals surface area contributed by atoms with Crippen LogP contribution in [0.4, 0.5) is 0 Å². The fourth-order valence-electron chi connectivity index (χ4n) is 1.94. The summed E-state index contributed by atoms with van der Waals surface area (Å²) in [6.07, 6.45) is 2.12. The Labute approximate surface area is 79.4 Å². The molecule has 0 unspecified atom stereocenters. The summed E-state index contributed by atoms with van der Waals surface area (Å²) in [5.41, 5.74) is 5.72. The van der Waals surface area contributed by atoms with E-state index in [0.29, 0.717) is 5.84 Å². The number of hydrogen-bond donors (Lipinski definition) is 2. The van der Waals surface area contributed by atoms with Gasteiger partial charge in [-0.15, -0.1) is 0 Å². The molecule has 76 valence electrons. The molecule has 4 heteroatoms. The highest BCUT2D eigenvalue weighted by Gasteiger charge is 2.35. The molecule has 0 aliphatic carbocycles. The van der Waals surface area contributed by atoms with E-state index in [1.807, 2.05) is 0 Å². The summed E-state index contributed by atoms with van der Waals surface area (Å²) in [5.74, 6) is 0.340. The van der Waals surface area contributed by atoms with Crippen LogP contribution < -0.4 is 5.73 Å². The van der Waals surface area contributed by atoms with Crippen molar-refractivity contribution in [1.82, 2.24) is 4.90 Å². The Morgan fingerprint density at radius 1 is 1.54 bits per heavy atom. The molecule has 0 amide bonds. The molecule has 0 radical (unpaired) electrons. The molecule has 1 rings (SSSR count). The number of amidine groups is 1. The van der Waals surface area contributed by atoms with Crippen LogP contribution in [0, 0.1) is 0 Å². The van der Waals surface area contributed by atoms with Crippen molar-refractivity contribution in [3.63, 3.8) is 0 Å². The molecule has 4 nitrogen and oxygen atoms in total. The van der Waals surface area contributed by atoms with Crippen LogP contribution in [-0.2, 0) is 0 Å². The fraction of sp³-hybridized carbons (Fsp3) is 0.889. The maximum absolute atomic E-state index is 8.61. The minimum absolute atomic E-state index is 0.0937. The monoisotopic (exact) mass is 185 g/mol. The van der Waals surface area contributed by atoms with Crippen LogP contribution in [0.15, 0.2) is 5.16 Å². The first-order chi connectivity index (χ1) is 5.96. The molecular formula is C9H19N3O. The van der Waals surface area contributed by atoms with E-state index in [1.165, 1.54) is 0 Å². The zero-order valence-corrected chi connectivity index (χ0v) is 8.62. The number of rotatable bonds is 1. The van der Waals surface area contributed by atoms with Crippen molar-refractivity contribution in [3.8, 4) is 0 Å². The van der Waals surface area contributed by atoms with Gasteiger partial charge in [0.2, 0.25) is 0 Å². The van der Waals surface area contributed by atoms with E-state index in [9.17, 15) is 0 Å². The standard InChI is InChI=1S/C9H19N3O/c1-9(2,3)12-6-4-5-7(12)8(10)11-13/h7,13H,4-6H2,1-3H3,(H2,10,11)/t7-/m0/s1. The average Bonchev–Trinajstić information content (AvgIpc) is 2.49. The second-order valence-corrected chi connectivity index (χ2v) is 4.55. The third-order valence-electron chi connectivity index (χ3n) is 2.57. The van der Waals surface area contributed by atoms with Gasteiger partial charge >= 0.3 is 0 Å². The molecule has 13 heavy (non-hydrogen) atoms. The Bertz CT molecular complexity index is 207. The lowest BCUT2D eigenvalue weighted by Gasteiger charge is -2.36. The van der Waals surface area contributed by atoms with Crippen LogP contribution >= 0.6 is 0 Å². The van der Waals surface area contributed by atoms with Crippen molar-refractivity contribution < 1.29 is 5.21 Å². The molecule has 1 aliphatic rings. The highest BCUT2D eigenvalue weighted by atomic mass is 16.4. The molecule has 0 aromatic rings. The van der Waals surface area contributed by atoms with Gasteiger partial charge in [0.05, 0.1) is 6.04 Å². The SMILES string of the molecule is CC(C)(C)N1CCC[C@H]1C(N)=NO. The normalized spacial score (nSPS) is 26.7. The molecule has 0 bridgehead atoms. The third-order valence-corrected chi connectivity index (χ3v) is 2.57. The summed E-state index contributed by atoms with van der Waals surface area (Å²) in [6.45, 7) is 7.48. The highest BCUT2D eigenvalue weighted by Crippen LogP contribution is 2.26. The Hall–Kier alpha value is -0.770. The van der Waals surface area contributed by atoms with Crippen LogP contribution in [-0.4, -0.2) is 34.1 Å². The van der Waals surface area contributed by atoms with E-state index in [0.717, 1.165) is 19.4 Å². The topological polar surface area (TPSA) is 61.8 Å². The van der Waals surface area contributed by atoms with Crippen molar-refractivity contribution in [2.24, 2.45) is 10.9 Å². The third kappa shape index (κ3) is 2.12. The van der Waals surface area contributed by atoms with Gasteiger partial charge in [-0.25, -0.2) is 0 Å². The second kappa shape index (κ2) is 3.54. The summed E-state index contributed by atoms with van der Waals surface area (Å²) < 4.78 is 0. The van der Waals surface area contributed by atoms with Crippen molar-refractivity contribution in [1.29, 1.82) is 0 Å². The lowest BCUT2D eigenvalue weighted by atomic mass is 10.0. The minimum Gasteiger partial charge on any atom is -0.409 e. The van der Waals surface area contributed by atoms with Gasteiger partial charge in [-0.2, -0.15) is 0 Å². The largest absolute Gasteiger partial charge is 0.409 e. The van der Waals surface area contributed by atoms with E-state index < -0.39 is 0 Å². The van der Waals surface area contributed by atoms with E-state index in [2.05, 4.69) is 30.8 Å². The first-order valence-corrected chi connectivity index (χ1v) is 4.71. The first-order valence-electron chi connectivity index (χ1n) is 4.71. The van der Waals surface area contributed by atoms with Gasteiger partial charge < -0.3 is 10.9 Å². The Kier molecular flexibility index (Phi) is 2.81. The summed E-state index contributed by atoms with van der Waals surface area (Å²) >= 11 is 0. The number of likely N-dealkylation sites (tertiary alicyclic amines) is 1. The van der Waals surface area contributed by atoms with Crippen molar-refractivity contribution >= 4 is 5.84 Å². The van der Waals surface area contributed by atoms with Crippen molar-refractivity contribution in [3.05, 3.63) is 0 Å². The predicted molar refractivity (Wildman–Crippen MR) is 52.9 cm³/mol.